The van der Waals surface area contributed by atoms with Gasteiger partial charge in [0.15, 0.2) is 0 Å². The van der Waals surface area contributed by atoms with Crippen molar-refractivity contribution in [1.29, 1.82) is 0 Å². The van der Waals surface area contributed by atoms with Gasteiger partial charge in [0.1, 0.15) is 17.2 Å². The predicted molar refractivity (Wildman–Crippen MR) is 70.3 cm³/mol. The third-order valence-corrected chi connectivity index (χ3v) is 3.41. The maximum absolute atomic E-state index is 14.0. The van der Waals surface area contributed by atoms with Crippen LogP contribution in [-0.2, 0) is 6.54 Å². The second-order valence-electron chi connectivity index (χ2n) is 3.80. The van der Waals surface area contributed by atoms with Crippen LogP contribution in [0.5, 0.6) is 0 Å². The van der Waals surface area contributed by atoms with Gasteiger partial charge in [0.05, 0.1) is 0 Å². The zero-order chi connectivity index (χ0) is 13.2. The van der Waals surface area contributed by atoms with Gasteiger partial charge in [0.2, 0.25) is 5.13 Å². The first-order valence-electron chi connectivity index (χ1n) is 5.60. The maximum Gasteiger partial charge on any atom is 0.212 e. The fourth-order valence-corrected chi connectivity index (χ4v) is 2.42. The molecule has 0 unspecified atom stereocenters. The van der Waals surface area contributed by atoms with Crippen LogP contribution in [0.15, 0.2) is 35.8 Å². The van der Waals surface area contributed by atoms with Crippen LogP contribution in [0.2, 0.25) is 0 Å². The van der Waals surface area contributed by atoms with Crippen molar-refractivity contribution in [2.45, 2.75) is 6.54 Å². The van der Waals surface area contributed by atoms with Crippen molar-refractivity contribution in [2.24, 2.45) is 5.73 Å². The lowest BCUT2D eigenvalue weighted by atomic mass is 10.1. The van der Waals surface area contributed by atoms with Gasteiger partial charge in [-0.15, -0.1) is 16.4 Å². The Labute approximate surface area is 112 Å². The molecule has 1 aromatic carbocycles. The Morgan fingerprint density at radius 1 is 1.32 bits per heavy atom. The van der Waals surface area contributed by atoms with Crippen LogP contribution >= 0.6 is 11.3 Å². The predicted octanol–water partition coefficient (Wildman–Crippen LogP) is 1.99. The smallest absolute Gasteiger partial charge is 0.212 e. The molecule has 19 heavy (non-hydrogen) atoms. The topological polar surface area (TPSA) is 69.6 Å². The van der Waals surface area contributed by atoms with Crippen LogP contribution in [0.4, 0.5) is 4.39 Å². The van der Waals surface area contributed by atoms with Crippen molar-refractivity contribution in [2.75, 3.05) is 0 Å². The number of nitrogens with zero attached hydrogens (tertiary/aromatic N) is 4. The zero-order valence-electron chi connectivity index (χ0n) is 9.82. The fourth-order valence-electron chi connectivity index (χ4n) is 1.83. The molecule has 2 N–H and O–H groups in total. The van der Waals surface area contributed by atoms with Crippen molar-refractivity contribution in [1.82, 2.24) is 20.0 Å². The van der Waals surface area contributed by atoms with E-state index in [4.69, 9.17) is 5.73 Å². The summed E-state index contributed by atoms with van der Waals surface area (Å²) in [5.74, 6) is -0.336. The summed E-state index contributed by atoms with van der Waals surface area (Å²) in [7, 11) is 0. The summed E-state index contributed by atoms with van der Waals surface area (Å²) in [6.45, 7) is 0.190. The number of rotatable bonds is 3. The Balaban J connectivity index is 2.25. The Kier molecular flexibility index (Phi) is 3.06. The average Bonchev–Trinajstić information content (AvgIpc) is 3.07. The second-order valence-corrected chi connectivity index (χ2v) is 4.67. The lowest BCUT2D eigenvalue weighted by Gasteiger charge is -2.06. The van der Waals surface area contributed by atoms with Crippen LogP contribution in [-0.4, -0.2) is 20.0 Å². The summed E-state index contributed by atoms with van der Waals surface area (Å²) in [5, 5.41) is 10.5. The molecule has 3 aromatic rings. The van der Waals surface area contributed by atoms with E-state index >= 15 is 0 Å². The quantitative estimate of drug-likeness (QED) is 0.793. The SMILES string of the molecule is NCc1nnn(-c2nccs2)c1-c1ccccc1F. The van der Waals surface area contributed by atoms with Crippen molar-refractivity contribution >= 4 is 11.3 Å². The number of halogens is 1. The molecule has 7 heteroatoms. The molecule has 0 fully saturated rings. The van der Waals surface area contributed by atoms with Gasteiger partial charge < -0.3 is 5.73 Å². The number of thiazole rings is 1. The van der Waals surface area contributed by atoms with Gasteiger partial charge in [-0.1, -0.05) is 17.3 Å². The molecule has 0 aliphatic heterocycles. The lowest BCUT2D eigenvalue weighted by molar-refractivity contribution is 0.629. The van der Waals surface area contributed by atoms with Crippen LogP contribution < -0.4 is 5.73 Å². The van der Waals surface area contributed by atoms with E-state index in [9.17, 15) is 4.39 Å². The van der Waals surface area contributed by atoms with E-state index in [-0.39, 0.29) is 12.4 Å². The minimum Gasteiger partial charge on any atom is -0.325 e. The molecule has 0 aliphatic carbocycles. The molecule has 2 aromatic heterocycles. The van der Waals surface area contributed by atoms with Crippen molar-refractivity contribution in [3.05, 3.63) is 47.4 Å². The molecule has 0 amide bonds. The molecule has 0 atom stereocenters. The van der Waals surface area contributed by atoms with E-state index in [0.717, 1.165) is 0 Å². The van der Waals surface area contributed by atoms with E-state index in [1.807, 2.05) is 5.38 Å². The van der Waals surface area contributed by atoms with E-state index in [1.165, 1.54) is 22.1 Å². The highest BCUT2D eigenvalue weighted by atomic mass is 32.1. The molecule has 0 saturated heterocycles. The summed E-state index contributed by atoms with van der Waals surface area (Å²) in [5.41, 5.74) is 7.16. The van der Waals surface area contributed by atoms with Crippen molar-refractivity contribution in [3.63, 3.8) is 0 Å². The average molecular weight is 275 g/mol. The van der Waals surface area contributed by atoms with Crippen LogP contribution in [0.25, 0.3) is 16.4 Å². The molecular formula is C12H10FN5S. The van der Waals surface area contributed by atoms with Crippen LogP contribution in [0.1, 0.15) is 5.69 Å². The molecule has 0 saturated carbocycles. The fraction of sp³-hybridized carbons (Fsp3) is 0.0833. The van der Waals surface area contributed by atoms with Gasteiger partial charge in [0, 0.05) is 23.7 Å². The first-order valence-corrected chi connectivity index (χ1v) is 6.48. The Bertz CT molecular complexity index is 692. The highest BCUT2D eigenvalue weighted by Gasteiger charge is 2.19. The van der Waals surface area contributed by atoms with Gasteiger partial charge in [0.25, 0.3) is 0 Å². The summed E-state index contributed by atoms with van der Waals surface area (Å²) in [6, 6.07) is 6.47. The third-order valence-electron chi connectivity index (χ3n) is 2.66. The number of benzene rings is 1. The standard InChI is InChI=1S/C12H10FN5S/c13-9-4-2-1-3-8(9)11-10(7-14)16-17-18(11)12-15-5-6-19-12/h1-6H,7,14H2. The molecule has 3 rings (SSSR count). The van der Waals surface area contributed by atoms with Gasteiger partial charge >= 0.3 is 0 Å². The van der Waals surface area contributed by atoms with E-state index in [2.05, 4.69) is 15.3 Å². The van der Waals surface area contributed by atoms with Crippen LogP contribution in [0.3, 0.4) is 0 Å². The van der Waals surface area contributed by atoms with E-state index in [0.29, 0.717) is 22.1 Å². The molecule has 0 radical (unpaired) electrons. The second kappa shape index (κ2) is 4.87. The number of nitrogens with two attached hydrogens (primary N) is 1. The first kappa shape index (κ1) is 11.9. The third kappa shape index (κ3) is 2.02. The normalized spacial score (nSPS) is 10.8. The Morgan fingerprint density at radius 2 is 2.16 bits per heavy atom. The first-order chi connectivity index (χ1) is 9.31. The molecular weight excluding hydrogens is 265 g/mol. The van der Waals surface area contributed by atoms with Gasteiger partial charge in [-0.3, -0.25) is 0 Å². The van der Waals surface area contributed by atoms with Gasteiger partial charge in [-0.2, -0.15) is 4.68 Å². The summed E-state index contributed by atoms with van der Waals surface area (Å²) < 4.78 is 15.5. The highest BCUT2D eigenvalue weighted by Crippen LogP contribution is 2.27. The minimum absolute atomic E-state index is 0.190. The molecule has 0 aliphatic rings. The Morgan fingerprint density at radius 3 is 2.84 bits per heavy atom. The molecule has 5 nitrogen and oxygen atoms in total. The monoisotopic (exact) mass is 275 g/mol. The summed E-state index contributed by atoms with van der Waals surface area (Å²) >= 11 is 1.40. The van der Waals surface area contributed by atoms with Crippen molar-refractivity contribution < 1.29 is 4.39 Å². The summed E-state index contributed by atoms with van der Waals surface area (Å²) in [4.78, 5) is 4.17. The number of hydrogen-bond acceptors (Lipinski definition) is 5. The van der Waals surface area contributed by atoms with Crippen molar-refractivity contribution in [3.8, 4) is 16.4 Å². The molecule has 0 bridgehead atoms. The van der Waals surface area contributed by atoms with E-state index < -0.39 is 0 Å². The summed E-state index contributed by atoms with van der Waals surface area (Å²) in [6.07, 6.45) is 1.66. The molecule has 0 spiro atoms. The van der Waals surface area contributed by atoms with E-state index in [1.54, 1.807) is 24.4 Å². The van der Waals surface area contributed by atoms with Crippen LogP contribution in [0, 0.1) is 5.82 Å². The Hall–Kier alpha value is -2.12. The largest absolute Gasteiger partial charge is 0.325 e. The lowest BCUT2D eigenvalue weighted by Crippen LogP contribution is -2.03. The van der Waals surface area contributed by atoms with Gasteiger partial charge in [-0.25, -0.2) is 9.37 Å². The maximum atomic E-state index is 14.0. The molecule has 2 heterocycles. The molecule has 96 valence electrons. The highest BCUT2D eigenvalue weighted by molar-refractivity contribution is 7.12. The minimum atomic E-state index is -0.336. The number of aromatic nitrogens is 4. The van der Waals surface area contributed by atoms with Gasteiger partial charge in [-0.05, 0) is 12.1 Å². The zero-order valence-corrected chi connectivity index (χ0v) is 10.6. The number of hydrogen-bond donors (Lipinski definition) is 1.